The lowest BCUT2D eigenvalue weighted by atomic mass is 10.1. The van der Waals surface area contributed by atoms with Crippen LogP contribution in [0.5, 0.6) is 0 Å². The first kappa shape index (κ1) is 19.2. The van der Waals surface area contributed by atoms with E-state index in [9.17, 15) is 9.18 Å². The van der Waals surface area contributed by atoms with E-state index in [4.69, 9.17) is 4.74 Å². The number of ether oxygens (including phenoxy) is 1. The third-order valence-corrected chi connectivity index (χ3v) is 3.84. The van der Waals surface area contributed by atoms with Gasteiger partial charge in [0.2, 0.25) is 5.95 Å². The summed E-state index contributed by atoms with van der Waals surface area (Å²) in [7, 11) is 0. The van der Waals surface area contributed by atoms with Crippen molar-refractivity contribution in [1.29, 1.82) is 0 Å². The summed E-state index contributed by atoms with van der Waals surface area (Å²) in [5.74, 6) is 0.294. The molecule has 0 saturated heterocycles. The smallest absolute Gasteiger partial charge is 0.338 e. The van der Waals surface area contributed by atoms with Crippen LogP contribution in [-0.4, -0.2) is 34.3 Å². The molecule has 0 bridgehead atoms. The van der Waals surface area contributed by atoms with Gasteiger partial charge in [0.05, 0.1) is 18.4 Å². The molecule has 0 radical (unpaired) electrons. The molecule has 0 spiro atoms. The van der Waals surface area contributed by atoms with Gasteiger partial charge in [0.15, 0.2) is 5.82 Å². The molecular weight excluding hydrogens is 361 g/mol. The van der Waals surface area contributed by atoms with Gasteiger partial charge >= 0.3 is 5.97 Å². The van der Waals surface area contributed by atoms with Crippen LogP contribution in [-0.2, 0) is 11.2 Å². The van der Waals surface area contributed by atoms with E-state index in [0.29, 0.717) is 36.9 Å². The quantitative estimate of drug-likeness (QED) is 0.577. The molecule has 7 nitrogen and oxygen atoms in total. The summed E-state index contributed by atoms with van der Waals surface area (Å²) in [6.07, 6.45) is 2.21. The van der Waals surface area contributed by atoms with E-state index in [-0.39, 0.29) is 11.8 Å². The molecule has 0 aliphatic rings. The minimum atomic E-state index is -0.356. The van der Waals surface area contributed by atoms with E-state index in [2.05, 4.69) is 25.8 Å². The monoisotopic (exact) mass is 381 g/mol. The molecule has 1 heterocycles. The predicted octanol–water partition coefficient (Wildman–Crippen LogP) is 3.59. The summed E-state index contributed by atoms with van der Waals surface area (Å²) < 4.78 is 17.9. The molecule has 0 atom stereocenters. The van der Waals surface area contributed by atoms with Crippen molar-refractivity contribution in [3.63, 3.8) is 0 Å². The van der Waals surface area contributed by atoms with Crippen molar-refractivity contribution in [3.05, 3.63) is 71.7 Å². The zero-order chi connectivity index (χ0) is 19.8. The maximum absolute atomic E-state index is 12.9. The van der Waals surface area contributed by atoms with E-state index in [0.717, 1.165) is 11.3 Å². The zero-order valence-electron chi connectivity index (χ0n) is 15.4. The van der Waals surface area contributed by atoms with E-state index >= 15 is 0 Å². The topological polar surface area (TPSA) is 89.0 Å². The molecule has 144 valence electrons. The molecule has 0 fully saturated rings. The number of nitrogens with one attached hydrogen (secondary N) is 2. The molecule has 2 aromatic carbocycles. The fourth-order valence-corrected chi connectivity index (χ4v) is 2.46. The second kappa shape index (κ2) is 9.40. The highest BCUT2D eigenvalue weighted by Gasteiger charge is 2.06. The predicted molar refractivity (Wildman–Crippen MR) is 104 cm³/mol. The third-order valence-electron chi connectivity index (χ3n) is 3.84. The zero-order valence-corrected chi connectivity index (χ0v) is 15.4. The van der Waals surface area contributed by atoms with Crippen molar-refractivity contribution in [1.82, 2.24) is 15.2 Å². The van der Waals surface area contributed by atoms with Crippen LogP contribution >= 0.6 is 0 Å². The number of anilines is 3. The minimum absolute atomic E-state index is 0.252. The van der Waals surface area contributed by atoms with Crippen molar-refractivity contribution in [2.24, 2.45) is 0 Å². The number of carbonyl (C=O) groups is 1. The first-order valence-electron chi connectivity index (χ1n) is 8.86. The van der Waals surface area contributed by atoms with Gasteiger partial charge in [-0.25, -0.2) is 9.18 Å². The Morgan fingerprint density at radius 3 is 2.57 bits per heavy atom. The summed E-state index contributed by atoms with van der Waals surface area (Å²) in [6.45, 7) is 2.69. The van der Waals surface area contributed by atoms with Gasteiger partial charge < -0.3 is 15.4 Å². The van der Waals surface area contributed by atoms with Crippen LogP contribution in [0.4, 0.5) is 21.8 Å². The molecular formula is C20H20FN5O2. The molecule has 3 rings (SSSR count). The normalized spacial score (nSPS) is 10.4. The van der Waals surface area contributed by atoms with Gasteiger partial charge in [0.1, 0.15) is 5.82 Å². The van der Waals surface area contributed by atoms with Gasteiger partial charge in [-0.2, -0.15) is 10.1 Å². The van der Waals surface area contributed by atoms with Gasteiger partial charge in [-0.3, -0.25) is 0 Å². The number of halogens is 1. The Kier molecular flexibility index (Phi) is 6.46. The van der Waals surface area contributed by atoms with Crippen LogP contribution in [0.3, 0.4) is 0 Å². The first-order chi connectivity index (χ1) is 13.6. The largest absolute Gasteiger partial charge is 0.462 e. The number of carbonyl (C=O) groups excluding carboxylic acids is 1. The fraction of sp³-hybridized carbons (Fsp3) is 0.200. The number of rotatable bonds is 8. The molecule has 0 unspecified atom stereocenters. The number of nitrogens with zero attached hydrogens (tertiary/aromatic N) is 3. The number of hydrogen-bond donors (Lipinski definition) is 2. The number of hydrogen-bond acceptors (Lipinski definition) is 7. The molecule has 8 heteroatoms. The van der Waals surface area contributed by atoms with E-state index in [1.807, 2.05) is 0 Å². The van der Waals surface area contributed by atoms with Gasteiger partial charge in [-0.1, -0.05) is 12.1 Å². The average Bonchev–Trinajstić information content (AvgIpc) is 2.71. The van der Waals surface area contributed by atoms with Gasteiger partial charge in [-0.05, 0) is 55.3 Å². The van der Waals surface area contributed by atoms with Gasteiger partial charge in [-0.15, -0.1) is 5.10 Å². The summed E-state index contributed by atoms with van der Waals surface area (Å²) in [5.41, 5.74) is 2.25. The second-order valence-corrected chi connectivity index (χ2v) is 5.89. The molecule has 0 aliphatic carbocycles. The first-order valence-corrected chi connectivity index (χ1v) is 8.86. The van der Waals surface area contributed by atoms with Gasteiger partial charge in [0.25, 0.3) is 0 Å². The van der Waals surface area contributed by atoms with Crippen molar-refractivity contribution in [3.8, 4) is 0 Å². The Labute approximate surface area is 162 Å². The minimum Gasteiger partial charge on any atom is -0.462 e. The van der Waals surface area contributed by atoms with Crippen LogP contribution in [0.2, 0.25) is 0 Å². The maximum Gasteiger partial charge on any atom is 0.338 e. The Bertz CT molecular complexity index is 917. The van der Waals surface area contributed by atoms with Crippen LogP contribution in [0, 0.1) is 5.82 Å². The van der Waals surface area contributed by atoms with Crippen molar-refractivity contribution in [2.45, 2.75) is 13.3 Å². The highest BCUT2D eigenvalue weighted by molar-refractivity contribution is 5.89. The Morgan fingerprint density at radius 1 is 1.11 bits per heavy atom. The highest BCUT2D eigenvalue weighted by atomic mass is 19.1. The van der Waals surface area contributed by atoms with Crippen molar-refractivity contribution >= 4 is 23.4 Å². The maximum atomic E-state index is 12.9. The van der Waals surface area contributed by atoms with E-state index in [1.54, 1.807) is 43.3 Å². The van der Waals surface area contributed by atoms with Gasteiger partial charge in [0, 0.05) is 12.2 Å². The lowest BCUT2D eigenvalue weighted by Crippen LogP contribution is -2.09. The third kappa shape index (κ3) is 5.47. The molecule has 2 N–H and O–H groups in total. The Morgan fingerprint density at radius 2 is 1.86 bits per heavy atom. The Balaban J connectivity index is 1.55. The van der Waals surface area contributed by atoms with E-state index in [1.165, 1.54) is 18.3 Å². The number of esters is 1. The summed E-state index contributed by atoms with van der Waals surface area (Å²) >= 11 is 0. The SMILES string of the molecule is CCOC(=O)c1ccc(Nc2cnnc(NCCc3ccc(F)cc3)n2)cc1. The Hall–Kier alpha value is -3.55. The fourth-order valence-electron chi connectivity index (χ4n) is 2.46. The molecule has 0 saturated carbocycles. The van der Waals surface area contributed by atoms with Crippen LogP contribution in [0.1, 0.15) is 22.8 Å². The molecule has 0 aliphatic heterocycles. The average molecular weight is 381 g/mol. The number of benzene rings is 2. The lowest BCUT2D eigenvalue weighted by Gasteiger charge is -2.08. The van der Waals surface area contributed by atoms with E-state index < -0.39 is 0 Å². The van der Waals surface area contributed by atoms with Crippen LogP contribution in [0.25, 0.3) is 0 Å². The molecule has 3 aromatic rings. The van der Waals surface area contributed by atoms with Crippen molar-refractivity contribution < 1.29 is 13.9 Å². The molecule has 28 heavy (non-hydrogen) atoms. The molecule has 0 amide bonds. The van der Waals surface area contributed by atoms with Crippen LogP contribution < -0.4 is 10.6 Å². The highest BCUT2D eigenvalue weighted by Crippen LogP contribution is 2.16. The summed E-state index contributed by atoms with van der Waals surface area (Å²) in [5, 5.41) is 14.1. The standard InChI is InChI=1S/C20H20FN5O2/c1-2-28-19(27)15-5-9-17(10-6-15)24-18-13-23-26-20(25-18)22-12-11-14-3-7-16(21)8-4-14/h3-10,13H,2,11-12H2,1H3,(H2,22,24,25,26). The van der Waals surface area contributed by atoms with Crippen molar-refractivity contribution in [2.75, 3.05) is 23.8 Å². The van der Waals surface area contributed by atoms with Crippen LogP contribution in [0.15, 0.2) is 54.7 Å². The summed E-state index contributed by atoms with van der Waals surface area (Å²) in [6, 6.07) is 13.2. The second-order valence-electron chi connectivity index (χ2n) is 5.89. The summed E-state index contributed by atoms with van der Waals surface area (Å²) in [4.78, 5) is 16.0. The lowest BCUT2D eigenvalue weighted by molar-refractivity contribution is 0.0526. The number of aromatic nitrogens is 3. The molecule has 1 aromatic heterocycles.